The Hall–Kier alpha value is -0.780. The van der Waals surface area contributed by atoms with Crippen LogP contribution >= 0.6 is 28.3 Å². The van der Waals surface area contributed by atoms with Crippen LogP contribution in [0.1, 0.15) is 44.7 Å². The highest BCUT2D eigenvalue weighted by Gasteiger charge is 2.22. The van der Waals surface area contributed by atoms with Crippen LogP contribution in [-0.4, -0.2) is 26.1 Å². The highest BCUT2D eigenvalue weighted by atomic mass is 79.9. The molecule has 1 amide bonds. The Bertz CT molecular complexity index is 536. The minimum atomic E-state index is -0.0126. The van der Waals surface area contributed by atoms with Gasteiger partial charge in [0.2, 0.25) is 5.91 Å². The lowest BCUT2D eigenvalue weighted by molar-refractivity contribution is -0.123. The first kappa shape index (κ1) is 21.3. The first-order valence-electron chi connectivity index (χ1n) is 8.34. The highest BCUT2D eigenvalue weighted by Crippen LogP contribution is 2.28. The van der Waals surface area contributed by atoms with E-state index in [0.717, 1.165) is 28.9 Å². The number of halogens is 2. The van der Waals surface area contributed by atoms with Crippen molar-refractivity contribution in [3.05, 3.63) is 28.2 Å². The van der Waals surface area contributed by atoms with E-state index in [1.165, 1.54) is 12.8 Å². The van der Waals surface area contributed by atoms with Crippen molar-refractivity contribution in [1.29, 1.82) is 0 Å². The summed E-state index contributed by atoms with van der Waals surface area (Å²) in [5.74, 6) is 1.95. The van der Waals surface area contributed by atoms with E-state index in [1.807, 2.05) is 25.1 Å². The first-order chi connectivity index (χ1) is 11.0. The topological polar surface area (TPSA) is 50.4 Å². The number of benzene rings is 1. The largest absolute Gasteiger partial charge is 0.496 e. The molecular weight excluding hydrogens is 392 g/mol. The minimum Gasteiger partial charge on any atom is -0.496 e. The van der Waals surface area contributed by atoms with E-state index in [4.69, 9.17) is 4.74 Å². The van der Waals surface area contributed by atoms with Crippen LogP contribution in [0.3, 0.4) is 0 Å². The zero-order chi connectivity index (χ0) is 16.8. The first-order valence-corrected chi connectivity index (χ1v) is 9.14. The fourth-order valence-corrected chi connectivity index (χ4v) is 3.72. The van der Waals surface area contributed by atoms with Gasteiger partial charge >= 0.3 is 0 Å². The molecule has 1 heterocycles. The fraction of sp³-hybridized carbons (Fsp3) is 0.611. The van der Waals surface area contributed by atoms with Crippen molar-refractivity contribution in [2.75, 3.05) is 20.2 Å². The van der Waals surface area contributed by atoms with Crippen molar-refractivity contribution in [1.82, 2.24) is 10.6 Å². The van der Waals surface area contributed by atoms with Gasteiger partial charge in [-0.3, -0.25) is 4.79 Å². The summed E-state index contributed by atoms with van der Waals surface area (Å²) in [6.07, 6.45) is 3.03. The Morgan fingerprint density at radius 2 is 2.21 bits per heavy atom. The Morgan fingerprint density at radius 1 is 1.46 bits per heavy atom. The van der Waals surface area contributed by atoms with Crippen molar-refractivity contribution in [2.45, 2.75) is 39.2 Å². The van der Waals surface area contributed by atoms with Crippen LogP contribution in [0.25, 0.3) is 0 Å². The number of carbonyl (C=O) groups is 1. The molecule has 6 heteroatoms. The summed E-state index contributed by atoms with van der Waals surface area (Å²) < 4.78 is 6.14. The molecule has 2 rings (SSSR count). The average Bonchev–Trinajstić information content (AvgIpc) is 2.55. The van der Waals surface area contributed by atoms with Gasteiger partial charge in [-0.15, -0.1) is 12.4 Å². The summed E-state index contributed by atoms with van der Waals surface area (Å²) in [5.41, 5.74) is 1.07. The summed E-state index contributed by atoms with van der Waals surface area (Å²) in [7, 11) is 1.65. The molecule has 1 fully saturated rings. The van der Waals surface area contributed by atoms with Crippen molar-refractivity contribution in [3.63, 3.8) is 0 Å². The van der Waals surface area contributed by atoms with Crippen molar-refractivity contribution in [3.8, 4) is 5.75 Å². The number of rotatable bonds is 6. The second-order valence-electron chi connectivity index (χ2n) is 6.47. The van der Waals surface area contributed by atoms with Crippen LogP contribution in [0, 0.1) is 11.8 Å². The lowest BCUT2D eigenvalue weighted by Gasteiger charge is -2.28. The molecule has 24 heavy (non-hydrogen) atoms. The molecule has 3 unspecified atom stereocenters. The Kier molecular flexibility index (Phi) is 9.09. The summed E-state index contributed by atoms with van der Waals surface area (Å²) >= 11 is 3.49. The SMILES string of the molecule is COc1ccc(C(C)NC(=O)CC(C)C2CCCNC2)cc1Br.Cl. The molecule has 1 aliphatic heterocycles. The van der Waals surface area contributed by atoms with E-state index in [2.05, 4.69) is 33.5 Å². The number of ether oxygens (including phenoxy) is 1. The van der Waals surface area contributed by atoms with Gasteiger partial charge in [-0.1, -0.05) is 13.0 Å². The van der Waals surface area contributed by atoms with Crippen LogP contribution in [-0.2, 0) is 4.79 Å². The van der Waals surface area contributed by atoms with Crippen molar-refractivity contribution >= 4 is 34.2 Å². The number of carbonyl (C=O) groups excluding carboxylic acids is 1. The van der Waals surface area contributed by atoms with Gasteiger partial charge in [0.25, 0.3) is 0 Å². The minimum absolute atomic E-state index is 0. The Balaban J connectivity index is 0.00000288. The second kappa shape index (κ2) is 10.3. The zero-order valence-electron chi connectivity index (χ0n) is 14.6. The van der Waals surface area contributed by atoms with Crippen LogP contribution in [0.15, 0.2) is 22.7 Å². The lowest BCUT2D eigenvalue weighted by atomic mass is 9.85. The molecule has 0 saturated carbocycles. The normalized spacial score (nSPS) is 19.8. The van der Waals surface area contributed by atoms with Crippen LogP contribution in [0.2, 0.25) is 0 Å². The summed E-state index contributed by atoms with van der Waals surface area (Å²) in [4.78, 5) is 12.3. The smallest absolute Gasteiger partial charge is 0.220 e. The molecule has 1 aromatic carbocycles. The highest BCUT2D eigenvalue weighted by molar-refractivity contribution is 9.10. The monoisotopic (exact) mass is 418 g/mol. The molecule has 0 bridgehead atoms. The quantitative estimate of drug-likeness (QED) is 0.730. The fourth-order valence-electron chi connectivity index (χ4n) is 3.16. The van der Waals surface area contributed by atoms with E-state index in [1.54, 1.807) is 7.11 Å². The lowest BCUT2D eigenvalue weighted by Crippen LogP contribution is -2.36. The van der Waals surface area contributed by atoms with Gasteiger partial charge in [-0.05, 0) is 78.3 Å². The molecular formula is C18H28BrClN2O2. The molecule has 0 aliphatic carbocycles. The molecule has 136 valence electrons. The zero-order valence-corrected chi connectivity index (χ0v) is 17.0. The van der Waals surface area contributed by atoms with Gasteiger partial charge in [-0.2, -0.15) is 0 Å². The molecule has 0 spiro atoms. The van der Waals surface area contributed by atoms with Gasteiger partial charge in [-0.25, -0.2) is 0 Å². The van der Waals surface area contributed by atoms with E-state index in [0.29, 0.717) is 18.3 Å². The molecule has 4 nitrogen and oxygen atoms in total. The van der Waals surface area contributed by atoms with Crippen LogP contribution in [0.4, 0.5) is 0 Å². The third-order valence-electron chi connectivity index (χ3n) is 4.70. The Morgan fingerprint density at radius 3 is 2.79 bits per heavy atom. The molecule has 3 atom stereocenters. The summed E-state index contributed by atoms with van der Waals surface area (Å²) in [6.45, 7) is 6.35. The number of methoxy groups -OCH3 is 1. The summed E-state index contributed by atoms with van der Waals surface area (Å²) in [5, 5.41) is 6.53. The van der Waals surface area contributed by atoms with Crippen molar-refractivity contribution in [2.24, 2.45) is 11.8 Å². The van der Waals surface area contributed by atoms with Crippen LogP contribution in [0.5, 0.6) is 5.75 Å². The van der Waals surface area contributed by atoms with Gasteiger partial charge in [0.15, 0.2) is 0 Å². The van der Waals surface area contributed by atoms with E-state index in [-0.39, 0.29) is 24.4 Å². The molecule has 1 saturated heterocycles. The van der Waals surface area contributed by atoms with Gasteiger partial charge in [0.05, 0.1) is 17.6 Å². The molecule has 0 aromatic heterocycles. The van der Waals surface area contributed by atoms with E-state index < -0.39 is 0 Å². The van der Waals surface area contributed by atoms with Gasteiger partial charge < -0.3 is 15.4 Å². The molecule has 2 N–H and O–H groups in total. The number of nitrogens with one attached hydrogen (secondary N) is 2. The van der Waals surface area contributed by atoms with Gasteiger partial charge in [0.1, 0.15) is 5.75 Å². The van der Waals surface area contributed by atoms with Crippen LogP contribution < -0.4 is 15.4 Å². The number of amides is 1. The standard InChI is InChI=1S/C18H27BrN2O2.ClH/c1-12(15-5-4-8-20-11-15)9-18(22)21-13(2)14-6-7-17(23-3)16(19)10-14;/h6-7,10,12-13,15,20H,4-5,8-9,11H2,1-3H3,(H,21,22);1H. The number of piperidine rings is 1. The summed E-state index contributed by atoms with van der Waals surface area (Å²) in [6, 6.07) is 5.89. The number of hydrogen-bond donors (Lipinski definition) is 2. The maximum atomic E-state index is 12.3. The third kappa shape index (κ3) is 5.94. The predicted octanol–water partition coefficient (Wildman–Crippen LogP) is 4.08. The average molecular weight is 420 g/mol. The predicted molar refractivity (Wildman–Crippen MR) is 104 cm³/mol. The van der Waals surface area contributed by atoms with E-state index >= 15 is 0 Å². The maximum absolute atomic E-state index is 12.3. The molecule has 0 radical (unpaired) electrons. The third-order valence-corrected chi connectivity index (χ3v) is 5.32. The Labute approximate surface area is 159 Å². The molecule has 1 aliphatic rings. The second-order valence-corrected chi connectivity index (χ2v) is 7.33. The number of hydrogen-bond acceptors (Lipinski definition) is 3. The van der Waals surface area contributed by atoms with E-state index in [9.17, 15) is 4.79 Å². The van der Waals surface area contributed by atoms with Gasteiger partial charge in [0, 0.05) is 6.42 Å². The van der Waals surface area contributed by atoms with Crippen molar-refractivity contribution < 1.29 is 9.53 Å². The molecule has 1 aromatic rings. The maximum Gasteiger partial charge on any atom is 0.220 e.